The predicted octanol–water partition coefficient (Wildman–Crippen LogP) is 2.84. The average molecular weight is 257 g/mol. The Balaban J connectivity index is 2.55. The predicted molar refractivity (Wildman–Crippen MR) is 75.9 cm³/mol. The van der Waals surface area contributed by atoms with E-state index in [1.807, 2.05) is 7.05 Å². The number of nitrogens with one attached hydrogen (secondary N) is 1. The lowest BCUT2D eigenvalue weighted by Gasteiger charge is -2.42. The molecule has 18 heavy (non-hydrogen) atoms. The van der Waals surface area contributed by atoms with Gasteiger partial charge in [0.15, 0.2) is 0 Å². The Morgan fingerprint density at radius 3 is 2.28 bits per heavy atom. The van der Waals surface area contributed by atoms with Gasteiger partial charge in [0.1, 0.15) is 0 Å². The lowest BCUT2D eigenvalue weighted by Crippen LogP contribution is -2.48. The first kappa shape index (κ1) is 15.9. The van der Waals surface area contributed by atoms with Crippen LogP contribution in [0.15, 0.2) is 0 Å². The second-order valence-corrected chi connectivity index (χ2v) is 6.18. The molecule has 1 saturated carbocycles. The molecule has 1 aliphatic rings. The van der Waals surface area contributed by atoms with Gasteiger partial charge in [-0.05, 0) is 51.5 Å². The minimum atomic E-state index is 0.0259. The van der Waals surface area contributed by atoms with Crippen molar-refractivity contribution in [2.75, 3.05) is 27.3 Å². The van der Waals surface area contributed by atoms with E-state index in [4.69, 9.17) is 9.47 Å². The zero-order chi connectivity index (χ0) is 13.6. The van der Waals surface area contributed by atoms with E-state index >= 15 is 0 Å². The van der Waals surface area contributed by atoms with Gasteiger partial charge >= 0.3 is 0 Å². The van der Waals surface area contributed by atoms with E-state index in [9.17, 15) is 0 Å². The van der Waals surface area contributed by atoms with Crippen LogP contribution in [-0.4, -0.2) is 39.0 Å². The Hall–Kier alpha value is -0.120. The van der Waals surface area contributed by atoms with Crippen molar-refractivity contribution < 1.29 is 9.47 Å². The number of hydrogen-bond donors (Lipinski definition) is 1. The monoisotopic (exact) mass is 257 g/mol. The fourth-order valence-electron chi connectivity index (χ4n) is 3.19. The maximum absolute atomic E-state index is 6.30. The summed E-state index contributed by atoms with van der Waals surface area (Å²) in [6.07, 6.45) is 5.10. The minimum Gasteiger partial charge on any atom is -0.382 e. The van der Waals surface area contributed by atoms with E-state index in [0.717, 1.165) is 18.4 Å². The first-order chi connectivity index (χ1) is 8.53. The van der Waals surface area contributed by atoms with Crippen molar-refractivity contribution >= 4 is 0 Å². The van der Waals surface area contributed by atoms with Crippen LogP contribution in [0.5, 0.6) is 0 Å². The highest BCUT2D eigenvalue weighted by molar-refractivity contribution is 4.90. The Morgan fingerprint density at radius 1 is 1.22 bits per heavy atom. The molecular weight excluding hydrogens is 226 g/mol. The zero-order valence-corrected chi connectivity index (χ0v) is 12.8. The summed E-state index contributed by atoms with van der Waals surface area (Å²) in [6.45, 7) is 8.41. The van der Waals surface area contributed by atoms with E-state index in [2.05, 4.69) is 26.1 Å². The molecule has 0 bridgehead atoms. The van der Waals surface area contributed by atoms with Crippen molar-refractivity contribution in [3.8, 4) is 0 Å². The Kier molecular flexibility index (Phi) is 6.61. The molecule has 1 N–H and O–H groups in total. The fraction of sp³-hybridized carbons (Fsp3) is 1.00. The first-order valence-electron chi connectivity index (χ1n) is 7.34. The molecule has 0 aromatic carbocycles. The smallest absolute Gasteiger partial charge is 0.0811 e. The molecule has 1 fully saturated rings. The van der Waals surface area contributed by atoms with Crippen LogP contribution >= 0.6 is 0 Å². The Labute approximate surface area is 113 Å². The number of likely N-dealkylation sites (N-methyl/N-ethyl adjacent to an activating group) is 1. The summed E-state index contributed by atoms with van der Waals surface area (Å²) in [5, 5.41) is 3.30. The van der Waals surface area contributed by atoms with Gasteiger partial charge in [0.25, 0.3) is 0 Å². The molecule has 1 unspecified atom stereocenters. The van der Waals surface area contributed by atoms with Crippen molar-refractivity contribution in [2.24, 2.45) is 11.8 Å². The number of ether oxygens (including phenoxy) is 2. The van der Waals surface area contributed by atoms with Gasteiger partial charge in [-0.15, -0.1) is 0 Å². The van der Waals surface area contributed by atoms with Gasteiger partial charge in [-0.25, -0.2) is 0 Å². The van der Waals surface area contributed by atoms with Crippen LogP contribution in [0, 0.1) is 11.8 Å². The second kappa shape index (κ2) is 7.46. The van der Waals surface area contributed by atoms with Gasteiger partial charge in [-0.2, -0.15) is 0 Å². The molecule has 0 heterocycles. The van der Waals surface area contributed by atoms with Gasteiger partial charge in [-0.3, -0.25) is 0 Å². The fourth-order valence-corrected chi connectivity index (χ4v) is 3.19. The molecule has 0 aromatic rings. The SMILES string of the molecule is CNCC1(OC(C)COC)CCC(C(C)C)CC1. The van der Waals surface area contributed by atoms with Crippen LogP contribution in [0.2, 0.25) is 0 Å². The molecular formula is C15H31NO2. The largest absolute Gasteiger partial charge is 0.382 e. The van der Waals surface area contributed by atoms with Gasteiger partial charge in [0, 0.05) is 13.7 Å². The summed E-state index contributed by atoms with van der Waals surface area (Å²) >= 11 is 0. The summed E-state index contributed by atoms with van der Waals surface area (Å²) in [5.41, 5.74) is 0.0259. The number of hydrogen-bond acceptors (Lipinski definition) is 3. The highest BCUT2D eigenvalue weighted by Crippen LogP contribution is 2.38. The molecule has 1 atom stereocenters. The van der Waals surface area contributed by atoms with Crippen molar-refractivity contribution in [1.29, 1.82) is 0 Å². The summed E-state index contributed by atoms with van der Waals surface area (Å²) < 4.78 is 11.5. The molecule has 0 aliphatic heterocycles. The quantitative estimate of drug-likeness (QED) is 0.761. The van der Waals surface area contributed by atoms with E-state index in [0.29, 0.717) is 6.61 Å². The molecule has 0 amide bonds. The van der Waals surface area contributed by atoms with Crippen LogP contribution in [0.4, 0.5) is 0 Å². The van der Waals surface area contributed by atoms with Crippen LogP contribution < -0.4 is 5.32 Å². The topological polar surface area (TPSA) is 30.5 Å². The third-order valence-corrected chi connectivity index (χ3v) is 4.24. The first-order valence-corrected chi connectivity index (χ1v) is 7.34. The van der Waals surface area contributed by atoms with E-state index in [1.165, 1.54) is 25.7 Å². The molecule has 108 valence electrons. The van der Waals surface area contributed by atoms with Crippen LogP contribution in [0.3, 0.4) is 0 Å². The van der Waals surface area contributed by atoms with Gasteiger partial charge in [0.05, 0.1) is 18.3 Å². The molecule has 1 rings (SSSR count). The third-order valence-electron chi connectivity index (χ3n) is 4.24. The molecule has 3 heteroatoms. The molecule has 0 radical (unpaired) electrons. The second-order valence-electron chi connectivity index (χ2n) is 6.18. The van der Waals surface area contributed by atoms with Crippen LogP contribution in [-0.2, 0) is 9.47 Å². The maximum Gasteiger partial charge on any atom is 0.0811 e. The lowest BCUT2D eigenvalue weighted by molar-refractivity contribution is -0.129. The number of methoxy groups -OCH3 is 1. The average Bonchev–Trinajstić information content (AvgIpc) is 2.30. The van der Waals surface area contributed by atoms with Gasteiger partial charge in [0.2, 0.25) is 0 Å². The van der Waals surface area contributed by atoms with Gasteiger partial charge < -0.3 is 14.8 Å². The Morgan fingerprint density at radius 2 is 1.83 bits per heavy atom. The molecule has 0 saturated heterocycles. The van der Waals surface area contributed by atoms with E-state index in [1.54, 1.807) is 7.11 Å². The van der Waals surface area contributed by atoms with Crippen molar-refractivity contribution in [3.63, 3.8) is 0 Å². The third kappa shape index (κ3) is 4.52. The summed E-state index contributed by atoms with van der Waals surface area (Å²) in [4.78, 5) is 0. The molecule has 3 nitrogen and oxygen atoms in total. The zero-order valence-electron chi connectivity index (χ0n) is 12.8. The van der Waals surface area contributed by atoms with Gasteiger partial charge in [-0.1, -0.05) is 13.8 Å². The van der Waals surface area contributed by atoms with Crippen LogP contribution in [0.25, 0.3) is 0 Å². The summed E-state index contributed by atoms with van der Waals surface area (Å²) in [6, 6.07) is 0. The van der Waals surface area contributed by atoms with E-state index in [-0.39, 0.29) is 11.7 Å². The standard InChI is InChI=1S/C15H31NO2/c1-12(2)14-6-8-15(9-7-14,11-16-4)18-13(3)10-17-5/h12-14,16H,6-11H2,1-5H3. The van der Waals surface area contributed by atoms with Crippen molar-refractivity contribution in [3.05, 3.63) is 0 Å². The summed E-state index contributed by atoms with van der Waals surface area (Å²) in [7, 11) is 3.75. The van der Waals surface area contributed by atoms with Crippen molar-refractivity contribution in [1.82, 2.24) is 5.32 Å². The minimum absolute atomic E-state index is 0.0259. The van der Waals surface area contributed by atoms with E-state index < -0.39 is 0 Å². The van der Waals surface area contributed by atoms with Crippen LogP contribution in [0.1, 0.15) is 46.5 Å². The molecule has 0 aromatic heterocycles. The number of rotatable bonds is 7. The maximum atomic E-state index is 6.30. The normalized spacial score (nSPS) is 30.7. The lowest BCUT2D eigenvalue weighted by atomic mass is 9.74. The highest BCUT2D eigenvalue weighted by atomic mass is 16.5. The molecule has 1 aliphatic carbocycles. The highest BCUT2D eigenvalue weighted by Gasteiger charge is 2.37. The Bertz CT molecular complexity index is 223. The molecule has 0 spiro atoms. The van der Waals surface area contributed by atoms with Crippen molar-refractivity contribution in [2.45, 2.75) is 58.2 Å². The summed E-state index contributed by atoms with van der Waals surface area (Å²) in [5.74, 6) is 1.67.